The summed E-state index contributed by atoms with van der Waals surface area (Å²) >= 11 is 0. The molecule has 0 spiro atoms. The highest BCUT2D eigenvalue weighted by Gasteiger charge is 2.37. The molecule has 0 saturated carbocycles. The molecule has 1 aromatic rings. The molecule has 0 unspecified atom stereocenters. The predicted molar refractivity (Wildman–Crippen MR) is 104 cm³/mol. The maximum atomic E-state index is 12.9. The lowest BCUT2D eigenvalue weighted by atomic mass is 9.90. The minimum atomic E-state index is -4.82. The van der Waals surface area contributed by atoms with Gasteiger partial charge < -0.3 is 26.4 Å². The number of nitrogens with one attached hydrogen (secondary N) is 2. The van der Waals surface area contributed by atoms with Gasteiger partial charge in [-0.1, -0.05) is 12.1 Å². The van der Waals surface area contributed by atoms with Gasteiger partial charge in [0.1, 0.15) is 12.1 Å². The number of benzene rings is 1. The largest absolute Gasteiger partial charge is 0.481 e. The van der Waals surface area contributed by atoms with E-state index >= 15 is 0 Å². The van der Waals surface area contributed by atoms with Gasteiger partial charge in [0.15, 0.2) is 0 Å². The number of carboxylic acid groups (broad SMARTS) is 1. The van der Waals surface area contributed by atoms with Crippen LogP contribution in [0.2, 0.25) is 0 Å². The van der Waals surface area contributed by atoms with Gasteiger partial charge in [-0.05, 0) is 18.2 Å². The Kier molecular flexibility index (Phi) is 7.84. The Hall–Kier alpha value is -3.01. The molecule has 0 bridgehead atoms. The molecule has 0 saturated heterocycles. The Bertz CT molecular complexity index is 1070. The molecule has 11 nitrogen and oxygen atoms in total. The van der Waals surface area contributed by atoms with E-state index in [2.05, 4.69) is 0 Å². The van der Waals surface area contributed by atoms with Gasteiger partial charge in [-0.3, -0.25) is 14.4 Å². The number of aliphatic hydroxyl groups excluding tert-OH is 2. The van der Waals surface area contributed by atoms with Crippen molar-refractivity contribution in [1.29, 1.82) is 0 Å². The lowest BCUT2D eigenvalue weighted by molar-refractivity contribution is -0.140. The summed E-state index contributed by atoms with van der Waals surface area (Å²) in [5.41, 5.74) is 3.48. The van der Waals surface area contributed by atoms with Crippen LogP contribution in [0.25, 0.3) is 0 Å². The summed E-state index contributed by atoms with van der Waals surface area (Å²) in [7, 11) is -4.65. The number of hydrogen-bond donors (Lipinski definition) is 6. The summed E-state index contributed by atoms with van der Waals surface area (Å²) in [5, 5.41) is 31.0. The second-order valence-corrected chi connectivity index (χ2v) is 8.87. The molecule has 1 aromatic carbocycles. The highest BCUT2D eigenvalue weighted by molar-refractivity contribution is 7.89. The van der Waals surface area contributed by atoms with Crippen molar-refractivity contribution < 1.29 is 51.3 Å². The summed E-state index contributed by atoms with van der Waals surface area (Å²) in [4.78, 5) is 33.8. The maximum absolute atomic E-state index is 12.9. The number of carbonyl (C=O) groups is 3. The van der Waals surface area contributed by atoms with Gasteiger partial charge in [-0.25, -0.2) is 13.1 Å². The summed E-state index contributed by atoms with van der Waals surface area (Å²) in [6.07, 6.45) is -8.69. The van der Waals surface area contributed by atoms with Crippen molar-refractivity contribution in [2.45, 2.75) is 48.2 Å². The fourth-order valence-corrected chi connectivity index (χ4v) is 4.22. The summed E-state index contributed by atoms with van der Waals surface area (Å²) < 4.78 is 65.7. The van der Waals surface area contributed by atoms with Crippen LogP contribution >= 0.6 is 0 Å². The molecule has 0 aliphatic heterocycles. The van der Waals surface area contributed by atoms with Gasteiger partial charge in [0.05, 0.1) is 29.0 Å². The van der Waals surface area contributed by atoms with E-state index in [0.717, 1.165) is 18.2 Å². The minimum Gasteiger partial charge on any atom is -0.481 e. The lowest BCUT2D eigenvalue weighted by Crippen LogP contribution is -2.52. The molecule has 1 aliphatic carbocycles. The molecule has 0 aromatic heterocycles. The fourth-order valence-electron chi connectivity index (χ4n) is 2.98. The topological polar surface area (TPSA) is 196 Å². The van der Waals surface area contributed by atoms with Crippen molar-refractivity contribution in [3.8, 4) is 0 Å². The van der Waals surface area contributed by atoms with Gasteiger partial charge in [0, 0.05) is 12.0 Å². The number of sulfonamides is 1. The smallest absolute Gasteiger partial charge is 0.416 e. The first-order chi connectivity index (χ1) is 15.1. The Morgan fingerprint density at radius 2 is 1.85 bits per heavy atom. The second-order valence-electron chi connectivity index (χ2n) is 7.15. The van der Waals surface area contributed by atoms with Crippen molar-refractivity contribution in [2.75, 3.05) is 0 Å². The molecule has 33 heavy (non-hydrogen) atoms. The molecule has 2 rings (SSSR count). The zero-order chi connectivity index (χ0) is 25.1. The molecule has 0 radical (unpaired) electrons. The molecule has 4 atom stereocenters. The molecule has 7 N–H and O–H groups in total. The number of amides is 2. The molecular formula is C18H20F3N3O8S. The highest BCUT2D eigenvalue weighted by Crippen LogP contribution is 2.30. The first-order valence-electron chi connectivity index (χ1n) is 9.20. The van der Waals surface area contributed by atoms with Gasteiger partial charge in [0.25, 0.3) is 0 Å². The van der Waals surface area contributed by atoms with Crippen LogP contribution in [-0.4, -0.2) is 65.8 Å². The Morgan fingerprint density at radius 3 is 2.39 bits per heavy atom. The highest BCUT2D eigenvalue weighted by atomic mass is 32.2. The number of aliphatic carboxylic acids is 1. The summed E-state index contributed by atoms with van der Waals surface area (Å²) in [6, 6.07) is -0.475. The number of carbonyl (C=O) groups excluding carboxylic acids is 2. The van der Waals surface area contributed by atoms with E-state index in [1.807, 2.05) is 10.0 Å². The normalized spacial score (nSPS) is 22.2. The number of nitrogens with two attached hydrogens (primary N) is 1. The third-order valence-electron chi connectivity index (χ3n) is 4.65. The number of halogens is 3. The van der Waals surface area contributed by atoms with E-state index in [9.17, 15) is 46.2 Å². The molecule has 1 aliphatic rings. The number of carboxylic acids is 1. The van der Waals surface area contributed by atoms with Crippen LogP contribution in [0.5, 0.6) is 0 Å². The number of alkyl halides is 3. The van der Waals surface area contributed by atoms with Crippen LogP contribution in [0.3, 0.4) is 0 Å². The van der Waals surface area contributed by atoms with Gasteiger partial charge in [-0.2, -0.15) is 13.2 Å². The second kappa shape index (κ2) is 9.86. The van der Waals surface area contributed by atoms with Crippen molar-refractivity contribution in [3.63, 3.8) is 0 Å². The van der Waals surface area contributed by atoms with Crippen molar-refractivity contribution in [3.05, 3.63) is 41.5 Å². The number of rotatable bonds is 8. The zero-order valence-electron chi connectivity index (χ0n) is 16.6. The Balaban J connectivity index is 2.30. The number of hydrogen-bond acceptors (Lipinski definition) is 7. The van der Waals surface area contributed by atoms with Gasteiger partial charge >= 0.3 is 12.1 Å². The summed E-state index contributed by atoms with van der Waals surface area (Å²) in [6.45, 7) is 0. The quantitative estimate of drug-likeness (QED) is 0.260. The third-order valence-corrected chi connectivity index (χ3v) is 6.11. The van der Waals surface area contributed by atoms with Crippen LogP contribution in [0.1, 0.15) is 18.4 Å². The number of primary amides is 1. The number of aliphatic hydroxyl groups is 2. The van der Waals surface area contributed by atoms with E-state index in [-0.39, 0.29) is 5.57 Å². The van der Waals surface area contributed by atoms with Crippen molar-refractivity contribution in [2.24, 2.45) is 5.73 Å². The van der Waals surface area contributed by atoms with Crippen molar-refractivity contribution >= 4 is 27.8 Å². The van der Waals surface area contributed by atoms with Crippen LogP contribution in [-0.2, 0) is 30.6 Å². The van der Waals surface area contributed by atoms with Crippen LogP contribution < -0.4 is 15.8 Å². The molecule has 182 valence electrons. The van der Waals surface area contributed by atoms with Crippen LogP contribution in [0.15, 0.2) is 40.8 Å². The molecule has 15 heteroatoms. The van der Waals surface area contributed by atoms with Gasteiger partial charge in [0.2, 0.25) is 21.8 Å². The van der Waals surface area contributed by atoms with Gasteiger partial charge in [-0.15, -0.1) is 0 Å². The van der Waals surface area contributed by atoms with E-state index in [1.54, 1.807) is 0 Å². The molecular weight excluding hydrogens is 475 g/mol. The SMILES string of the molecule is NC(=O)[C@@H](CC(=O)O)NC(=O)C1=C[C@H](NS(=O)(=O)c2cccc(C(F)(F)F)c2)[C@@H](O)[C@H](O)C1. The Morgan fingerprint density at radius 1 is 1.21 bits per heavy atom. The molecule has 2 amide bonds. The monoisotopic (exact) mass is 495 g/mol. The first kappa shape index (κ1) is 26.2. The molecule has 0 fully saturated rings. The first-order valence-corrected chi connectivity index (χ1v) is 10.7. The lowest BCUT2D eigenvalue weighted by Gasteiger charge is -2.31. The standard InChI is InChI=1S/C18H20F3N3O8S/c19-18(20,21)9-2-1-3-10(6-9)33(31,32)24-11-4-8(5-13(25)15(11)28)17(30)23-12(16(22)29)7-14(26)27/h1-4,6,11-13,15,24-25,28H,5,7H2,(H2,22,29)(H,23,30)(H,26,27)/t11-,12+,13+,15+/m0/s1. The van der Waals surface area contributed by atoms with Crippen molar-refractivity contribution in [1.82, 2.24) is 10.0 Å². The van der Waals surface area contributed by atoms with E-state index in [4.69, 9.17) is 10.8 Å². The average molecular weight is 495 g/mol. The predicted octanol–water partition coefficient (Wildman–Crippen LogP) is -1.15. The minimum absolute atomic E-state index is 0.318. The van der Waals surface area contributed by atoms with E-state index in [1.165, 1.54) is 0 Å². The fraction of sp³-hybridized carbons (Fsp3) is 0.389. The average Bonchev–Trinajstić information content (AvgIpc) is 2.69. The van der Waals surface area contributed by atoms with Crippen LogP contribution in [0.4, 0.5) is 13.2 Å². The third kappa shape index (κ3) is 6.74. The Labute approximate surface area is 185 Å². The van der Waals surface area contributed by atoms with E-state index < -0.39 is 81.6 Å². The maximum Gasteiger partial charge on any atom is 0.416 e. The molecule has 0 heterocycles. The summed E-state index contributed by atoms with van der Waals surface area (Å²) in [5.74, 6) is -3.67. The zero-order valence-corrected chi connectivity index (χ0v) is 17.4. The van der Waals surface area contributed by atoms with E-state index in [0.29, 0.717) is 12.1 Å². The van der Waals surface area contributed by atoms with Crippen LogP contribution in [0, 0.1) is 0 Å².